The number of hydrogen-bond donors (Lipinski definition) is 2. The van der Waals surface area contributed by atoms with Crippen LogP contribution >= 0.6 is 0 Å². The van der Waals surface area contributed by atoms with E-state index >= 15 is 0 Å². The molecule has 0 bridgehead atoms. The second-order valence-corrected chi connectivity index (χ2v) is 9.30. The molecule has 6 heteroatoms. The van der Waals surface area contributed by atoms with Crippen LogP contribution in [0, 0.1) is 11.3 Å². The molecular formula is C20H31N3O2S. The van der Waals surface area contributed by atoms with Crippen molar-refractivity contribution < 1.29 is 8.95 Å². The fraction of sp³-hybridized carbons (Fsp3) is 0.650. The van der Waals surface area contributed by atoms with E-state index in [-0.39, 0.29) is 5.41 Å². The average molecular weight is 378 g/mol. The van der Waals surface area contributed by atoms with Gasteiger partial charge in [-0.2, -0.15) is 0 Å². The molecule has 1 aromatic rings. The zero-order valence-electron chi connectivity index (χ0n) is 16.0. The number of rotatable bonds is 7. The molecule has 1 saturated carbocycles. The van der Waals surface area contributed by atoms with Gasteiger partial charge in [0, 0.05) is 52.8 Å². The summed E-state index contributed by atoms with van der Waals surface area (Å²) in [7, 11) is -0.894. The van der Waals surface area contributed by atoms with Gasteiger partial charge in [-0.3, -0.25) is 9.20 Å². The topological polar surface area (TPSA) is 62.7 Å². The van der Waals surface area contributed by atoms with E-state index in [4.69, 9.17) is 4.74 Å². The lowest BCUT2D eigenvalue weighted by atomic mass is 9.57. The molecule has 0 aromatic heterocycles. The molecule has 1 saturated heterocycles. The van der Waals surface area contributed by atoms with E-state index in [1.54, 1.807) is 0 Å². The van der Waals surface area contributed by atoms with E-state index in [0.717, 1.165) is 31.1 Å². The number of fused-ring (bicyclic) bond motifs is 1. The molecule has 0 radical (unpaired) electrons. The summed E-state index contributed by atoms with van der Waals surface area (Å²) >= 11 is 0. The molecule has 1 aromatic carbocycles. The number of aliphatic imine (C=N–C) groups is 1. The second-order valence-electron chi connectivity index (χ2n) is 7.72. The molecule has 4 unspecified atom stereocenters. The Kier molecular flexibility index (Phi) is 6.35. The summed E-state index contributed by atoms with van der Waals surface area (Å²) in [4.78, 5) is 4.66. The lowest BCUT2D eigenvalue weighted by molar-refractivity contribution is -0.106. The molecule has 3 rings (SSSR count). The molecule has 2 aliphatic rings. The highest BCUT2D eigenvalue weighted by atomic mass is 32.2. The smallest absolute Gasteiger partial charge is 0.191 e. The Bertz CT molecular complexity index is 648. The first-order valence-corrected chi connectivity index (χ1v) is 11.1. The van der Waals surface area contributed by atoms with Gasteiger partial charge in [0.2, 0.25) is 0 Å². The third-order valence-corrected chi connectivity index (χ3v) is 6.79. The van der Waals surface area contributed by atoms with E-state index in [1.165, 1.54) is 0 Å². The predicted octanol–water partition coefficient (Wildman–Crippen LogP) is 2.30. The molecule has 2 fully saturated rings. The van der Waals surface area contributed by atoms with Crippen molar-refractivity contribution in [3.8, 4) is 0 Å². The predicted molar refractivity (Wildman–Crippen MR) is 108 cm³/mol. The van der Waals surface area contributed by atoms with Gasteiger partial charge in [0.1, 0.15) is 0 Å². The minimum Gasteiger partial charge on any atom is -0.377 e. The van der Waals surface area contributed by atoms with Gasteiger partial charge in [0.05, 0.1) is 12.6 Å². The molecule has 0 amide bonds. The summed E-state index contributed by atoms with van der Waals surface area (Å²) in [6, 6.07) is 10.4. The van der Waals surface area contributed by atoms with Crippen LogP contribution in [0.15, 0.2) is 35.3 Å². The third-order valence-electron chi connectivity index (χ3n) is 5.50. The molecule has 1 aliphatic carbocycles. The van der Waals surface area contributed by atoms with Crippen molar-refractivity contribution in [1.82, 2.24) is 10.6 Å². The molecule has 2 N–H and O–H groups in total. The summed E-state index contributed by atoms with van der Waals surface area (Å²) in [6.45, 7) is 8.83. The van der Waals surface area contributed by atoms with Crippen LogP contribution < -0.4 is 10.6 Å². The van der Waals surface area contributed by atoms with Crippen molar-refractivity contribution in [2.45, 2.75) is 45.1 Å². The van der Waals surface area contributed by atoms with Crippen molar-refractivity contribution in [1.29, 1.82) is 0 Å². The Hall–Kier alpha value is -1.40. The van der Waals surface area contributed by atoms with Gasteiger partial charge in [-0.05, 0) is 18.9 Å². The van der Waals surface area contributed by atoms with Crippen molar-refractivity contribution in [2.75, 3.05) is 25.4 Å². The average Bonchev–Trinajstić information content (AvgIpc) is 3.07. The van der Waals surface area contributed by atoms with Gasteiger partial charge in [-0.1, -0.05) is 44.2 Å². The maximum atomic E-state index is 12.3. The van der Waals surface area contributed by atoms with Gasteiger partial charge in [0.25, 0.3) is 0 Å². The zero-order valence-corrected chi connectivity index (χ0v) is 16.8. The van der Waals surface area contributed by atoms with E-state index in [1.807, 2.05) is 30.3 Å². The fourth-order valence-corrected chi connectivity index (χ4v) is 5.18. The molecule has 4 atom stereocenters. The largest absolute Gasteiger partial charge is 0.377 e. The summed E-state index contributed by atoms with van der Waals surface area (Å²) < 4.78 is 18.1. The Labute approximate surface area is 159 Å². The van der Waals surface area contributed by atoms with Gasteiger partial charge >= 0.3 is 0 Å². The molecule has 1 heterocycles. The summed E-state index contributed by atoms with van der Waals surface area (Å²) in [6.07, 6.45) is 1.48. The minimum atomic E-state index is -0.894. The van der Waals surface area contributed by atoms with Crippen LogP contribution in [-0.4, -0.2) is 47.8 Å². The van der Waals surface area contributed by atoms with Crippen molar-refractivity contribution in [3.05, 3.63) is 35.9 Å². The summed E-state index contributed by atoms with van der Waals surface area (Å²) in [5.74, 6) is 2.57. The lowest BCUT2D eigenvalue weighted by Crippen LogP contribution is -2.68. The summed E-state index contributed by atoms with van der Waals surface area (Å²) in [5.41, 5.74) is 1.23. The fourth-order valence-electron chi connectivity index (χ4n) is 4.18. The second kappa shape index (κ2) is 8.53. The van der Waals surface area contributed by atoms with Crippen LogP contribution in [0.3, 0.4) is 0 Å². The highest BCUT2D eigenvalue weighted by Crippen LogP contribution is 2.52. The van der Waals surface area contributed by atoms with Gasteiger partial charge in [0.15, 0.2) is 5.96 Å². The molecule has 5 nitrogen and oxygen atoms in total. The van der Waals surface area contributed by atoms with Crippen LogP contribution in [-0.2, 0) is 21.3 Å². The number of hydrogen-bond acceptors (Lipinski definition) is 3. The number of nitrogens with zero attached hydrogens (tertiary/aromatic N) is 1. The first kappa shape index (κ1) is 19.4. The van der Waals surface area contributed by atoms with Crippen LogP contribution in [0.4, 0.5) is 0 Å². The van der Waals surface area contributed by atoms with E-state index in [9.17, 15) is 4.21 Å². The first-order valence-electron chi connectivity index (χ1n) is 9.57. The van der Waals surface area contributed by atoms with Crippen molar-refractivity contribution in [3.63, 3.8) is 0 Å². The normalized spacial score (nSPS) is 28.1. The Morgan fingerprint density at radius 3 is 2.85 bits per heavy atom. The quantitative estimate of drug-likeness (QED) is 0.565. The Morgan fingerprint density at radius 2 is 2.12 bits per heavy atom. The molecular weight excluding hydrogens is 346 g/mol. The lowest BCUT2D eigenvalue weighted by Gasteiger charge is -2.54. The maximum absolute atomic E-state index is 12.3. The van der Waals surface area contributed by atoms with Gasteiger partial charge < -0.3 is 15.4 Å². The van der Waals surface area contributed by atoms with Gasteiger partial charge in [-0.15, -0.1) is 0 Å². The van der Waals surface area contributed by atoms with Crippen molar-refractivity contribution in [2.24, 2.45) is 16.3 Å². The number of nitrogens with one attached hydrogen (secondary N) is 2. The van der Waals surface area contributed by atoms with Crippen LogP contribution in [0.1, 0.15) is 32.8 Å². The molecule has 0 spiro atoms. The zero-order chi connectivity index (χ0) is 18.6. The standard InChI is InChI=1S/C20H31N3O2S/c1-4-21-19(23-17-16-10-12-25-18(16)20(17,2)3)22-11-13-26(24)14-15-8-6-5-7-9-15/h5-9,16-18H,4,10-14H2,1-3H3,(H2,21,22,23). The van der Waals surface area contributed by atoms with Gasteiger partial charge in [-0.25, -0.2) is 0 Å². The molecule has 144 valence electrons. The number of guanidine groups is 1. The van der Waals surface area contributed by atoms with E-state index < -0.39 is 10.8 Å². The maximum Gasteiger partial charge on any atom is 0.191 e. The number of benzene rings is 1. The molecule has 1 aliphatic heterocycles. The summed E-state index contributed by atoms with van der Waals surface area (Å²) in [5, 5.41) is 6.92. The Morgan fingerprint density at radius 1 is 1.35 bits per heavy atom. The highest BCUT2D eigenvalue weighted by Gasteiger charge is 2.59. The van der Waals surface area contributed by atoms with E-state index in [2.05, 4.69) is 36.4 Å². The third kappa shape index (κ3) is 4.29. The first-order chi connectivity index (χ1) is 12.5. The minimum absolute atomic E-state index is 0.119. The highest BCUT2D eigenvalue weighted by molar-refractivity contribution is 7.84. The van der Waals surface area contributed by atoms with Crippen LogP contribution in [0.2, 0.25) is 0 Å². The van der Waals surface area contributed by atoms with Crippen LogP contribution in [0.5, 0.6) is 0 Å². The number of ether oxygens (including phenoxy) is 1. The van der Waals surface area contributed by atoms with Crippen molar-refractivity contribution >= 4 is 16.8 Å². The molecule has 26 heavy (non-hydrogen) atoms. The monoisotopic (exact) mass is 377 g/mol. The SMILES string of the molecule is CCNC(=NCCS(=O)Cc1ccccc1)NC1C2CCOC2C1(C)C. The Balaban J connectivity index is 1.52. The van der Waals surface area contributed by atoms with E-state index in [0.29, 0.717) is 36.1 Å². The van der Waals surface area contributed by atoms with Crippen LogP contribution in [0.25, 0.3) is 0 Å².